The number of hydrogen-bond donors (Lipinski definition) is 2. The number of nitrogens with two attached hydrogens (primary N) is 2. The summed E-state index contributed by atoms with van der Waals surface area (Å²) in [5, 5.41) is 0. The lowest BCUT2D eigenvalue weighted by molar-refractivity contribution is 0.849. The van der Waals surface area contributed by atoms with Crippen LogP contribution < -0.4 is 17.0 Å². The van der Waals surface area contributed by atoms with Gasteiger partial charge in [-0.05, 0) is 18.6 Å². The minimum absolute atomic E-state index is 0.00757. The molecule has 0 amide bonds. The molecule has 17 heavy (non-hydrogen) atoms. The first kappa shape index (κ1) is 11.2. The Labute approximate surface area is 98.7 Å². The van der Waals surface area contributed by atoms with Gasteiger partial charge < -0.3 is 16.0 Å². The fraction of sp³-hybridized carbons (Fsp3) is 0.167. The number of nitrogen functional groups attached to an aromatic ring is 2. The average Bonchev–Trinajstić information content (AvgIpc) is 2.29. The minimum Gasteiger partial charge on any atom is -0.398 e. The van der Waals surface area contributed by atoms with Gasteiger partial charge in [0.1, 0.15) is 0 Å². The predicted octanol–water partition coefficient (Wildman–Crippen LogP) is 0.920. The molecule has 5 heteroatoms. The quantitative estimate of drug-likeness (QED) is 0.713. The third-order valence-electron chi connectivity index (χ3n) is 2.75. The smallest absolute Gasteiger partial charge is 0.292 e. The van der Waals surface area contributed by atoms with Gasteiger partial charge in [-0.1, -0.05) is 12.1 Å². The molecule has 1 aromatic heterocycles. The molecule has 0 saturated carbocycles. The van der Waals surface area contributed by atoms with E-state index in [1.165, 1.54) is 4.57 Å². The van der Waals surface area contributed by atoms with E-state index in [0.717, 1.165) is 11.1 Å². The topological polar surface area (TPSA) is 86.9 Å². The number of hydrogen-bond acceptors (Lipinski definition) is 4. The van der Waals surface area contributed by atoms with Gasteiger partial charge in [-0.25, -0.2) is 4.98 Å². The van der Waals surface area contributed by atoms with Gasteiger partial charge in [-0.15, -0.1) is 0 Å². The van der Waals surface area contributed by atoms with Gasteiger partial charge in [0.05, 0.1) is 5.69 Å². The summed E-state index contributed by atoms with van der Waals surface area (Å²) in [6.45, 7) is 1.91. The maximum absolute atomic E-state index is 11.5. The number of anilines is 2. The molecule has 0 fully saturated rings. The predicted molar refractivity (Wildman–Crippen MR) is 68.5 cm³/mol. The third-order valence-corrected chi connectivity index (χ3v) is 2.75. The highest BCUT2D eigenvalue weighted by molar-refractivity contribution is 5.70. The number of aryl methyl sites for hydroxylation is 1. The van der Waals surface area contributed by atoms with Crippen LogP contribution in [0.15, 0.2) is 29.2 Å². The lowest BCUT2D eigenvalue weighted by atomic mass is 10.0. The van der Waals surface area contributed by atoms with Crippen LogP contribution in [0.1, 0.15) is 5.56 Å². The van der Waals surface area contributed by atoms with E-state index in [2.05, 4.69) is 4.98 Å². The molecule has 0 aliphatic heterocycles. The number of aromatic nitrogens is 2. The number of benzene rings is 1. The molecule has 5 nitrogen and oxygen atoms in total. The van der Waals surface area contributed by atoms with Crippen LogP contribution in [0.25, 0.3) is 11.3 Å². The van der Waals surface area contributed by atoms with E-state index >= 15 is 0 Å². The van der Waals surface area contributed by atoms with Crippen LogP contribution in [0.3, 0.4) is 0 Å². The second-order valence-corrected chi connectivity index (χ2v) is 3.95. The average molecular weight is 230 g/mol. The normalized spacial score (nSPS) is 10.5. The minimum atomic E-state index is -0.296. The Hall–Kier alpha value is -2.30. The molecule has 0 aliphatic rings. The molecule has 0 radical (unpaired) electrons. The summed E-state index contributed by atoms with van der Waals surface area (Å²) in [5.74, 6) is -0.00757. The monoisotopic (exact) mass is 230 g/mol. The first-order chi connectivity index (χ1) is 8.00. The molecule has 0 saturated heterocycles. The van der Waals surface area contributed by atoms with Crippen molar-refractivity contribution in [2.75, 3.05) is 11.5 Å². The second-order valence-electron chi connectivity index (χ2n) is 3.95. The molecule has 88 valence electrons. The molecule has 0 atom stereocenters. The number of rotatable bonds is 1. The summed E-state index contributed by atoms with van der Waals surface area (Å²) in [6, 6.07) is 5.57. The van der Waals surface area contributed by atoms with Crippen LogP contribution >= 0.6 is 0 Å². The van der Waals surface area contributed by atoms with Gasteiger partial charge in [0.2, 0.25) is 0 Å². The van der Waals surface area contributed by atoms with Gasteiger partial charge in [0.25, 0.3) is 5.56 Å². The zero-order valence-corrected chi connectivity index (χ0v) is 9.77. The molecule has 1 heterocycles. The molecule has 0 bridgehead atoms. The van der Waals surface area contributed by atoms with Crippen molar-refractivity contribution >= 4 is 11.5 Å². The zero-order valence-electron chi connectivity index (χ0n) is 9.77. The van der Waals surface area contributed by atoms with Crippen molar-refractivity contribution in [3.63, 3.8) is 0 Å². The first-order valence-corrected chi connectivity index (χ1v) is 5.19. The largest absolute Gasteiger partial charge is 0.398 e. The van der Waals surface area contributed by atoms with Crippen molar-refractivity contribution in [2.45, 2.75) is 6.92 Å². The summed E-state index contributed by atoms with van der Waals surface area (Å²) in [4.78, 5) is 15.5. The summed E-state index contributed by atoms with van der Waals surface area (Å²) in [7, 11) is 1.64. The molecular formula is C12H14N4O. The van der Waals surface area contributed by atoms with Crippen molar-refractivity contribution in [3.05, 3.63) is 40.3 Å². The van der Waals surface area contributed by atoms with Crippen LogP contribution in [0.4, 0.5) is 11.5 Å². The van der Waals surface area contributed by atoms with E-state index in [1.54, 1.807) is 13.2 Å². The van der Waals surface area contributed by atoms with E-state index in [4.69, 9.17) is 11.5 Å². The summed E-state index contributed by atoms with van der Waals surface area (Å²) >= 11 is 0. The highest BCUT2D eigenvalue weighted by Gasteiger charge is 2.08. The van der Waals surface area contributed by atoms with Crippen molar-refractivity contribution in [2.24, 2.45) is 7.05 Å². The first-order valence-electron chi connectivity index (χ1n) is 5.19. The van der Waals surface area contributed by atoms with Crippen LogP contribution in [0, 0.1) is 6.92 Å². The maximum atomic E-state index is 11.5. The van der Waals surface area contributed by atoms with Crippen molar-refractivity contribution in [3.8, 4) is 11.3 Å². The molecule has 2 aromatic rings. The highest BCUT2D eigenvalue weighted by Crippen LogP contribution is 2.24. The van der Waals surface area contributed by atoms with Gasteiger partial charge in [0.15, 0.2) is 5.82 Å². The third kappa shape index (κ3) is 1.87. The Bertz CT molecular complexity index is 605. The zero-order chi connectivity index (χ0) is 12.6. The van der Waals surface area contributed by atoms with Crippen LogP contribution in [-0.4, -0.2) is 9.55 Å². The van der Waals surface area contributed by atoms with E-state index in [1.807, 2.05) is 25.1 Å². The van der Waals surface area contributed by atoms with Crippen LogP contribution in [0.2, 0.25) is 0 Å². The Morgan fingerprint density at radius 2 is 2.00 bits per heavy atom. The van der Waals surface area contributed by atoms with E-state index in [0.29, 0.717) is 11.4 Å². The molecule has 2 rings (SSSR count). The Kier molecular flexibility index (Phi) is 2.59. The van der Waals surface area contributed by atoms with Crippen LogP contribution in [0.5, 0.6) is 0 Å². The second kappa shape index (κ2) is 3.93. The molecular weight excluding hydrogens is 216 g/mol. The lowest BCUT2D eigenvalue weighted by Gasteiger charge is -2.09. The summed E-state index contributed by atoms with van der Waals surface area (Å²) in [5.41, 5.74) is 14.3. The van der Waals surface area contributed by atoms with Crippen molar-refractivity contribution in [1.82, 2.24) is 9.55 Å². The summed E-state index contributed by atoms with van der Waals surface area (Å²) in [6.07, 6.45) is 1.65. The lowest BCUT2D eigenvalue weighted by Crippen LogP contribution is -2.21. The molecule has 1 aromatic carbocycles. The van der Waals surface area contributed by atoms with Crippen LogP contribution in [-0.2, 0) is 7.05 Å². The Morgan fingerprint density at radius 3 is 2.65 bits per heavy atom. The number of nitrogens with zero attached hydrogens (tertiary/aromatic N) is 2. The molecule has 0 spiro atoms. The Morgan fingerprint density at radius 1 is 1.29 bits per heavy atom. The van der Waals surface area contributed by atoms with E-state index in [9.17, 15) is 4.79 Å². The van der Waals surface area contributed by atoms with Gasteiger partial charge in [-0.3, -0.25) is 4.79 Å². The van der Waals surface area contributed by atoms with Gasteiger partial charge in [-0.2, -0.15) is 0 Å². The standard InChI is InChI=1S/C12H14N4O/c1-7-8(4-3-5-9(7)13)10-6-16(2)12(17)11(14)15-10/h3-6H,13H2,1-2H3,(H2,14,15). The molecule has 4 N–H and O–H groups in total. The van der Waals surface area contributed by atoms with Crippen molar-refractivity contribution < 1.29 is 0 Å². The van der Waals surface area contributed by atoms with E-state index < -0.39 is 0 Å². The highest BCUT2D eigenvalue weighted by atomic mass is 16.1. The maximum Gasteiger partial charge on any atom is 0.292 e. The van der Waals surface area contributed by atoms with Gasteiger partial charge in [0, 0.05) is 24.5 Å². The van der Waals surface area contributed by atoms with E-state index in [-0.39, 0.29) is 11.4 Å². The fourth-order valence-corrected chi connectivity index (χ4v) is 1.69. The Balaban J connectivity index is 2.69. The van der Waals surface area contributed by atoms with Crippen molar-refractivity contribution in [1.29, 1.82) is 0 Å². The molecule has 0 aliphatic carbocycles. The van der Waals surface area contributed by atoms with Gasteiger partial charge >= 0.3 is 0 Å². The SMILES string of the molecule is Cc1c(N)cccc1-c1cn(C)c(=O)c(N)n1. The summed E-state index contributed by atoms with van der Waals surface area (Å²) < 4.78 is 1.42. The fourth-order valence-electron chi connectivity index (χ4n) is 1.69. The molecule has 0 unspecified atom stereocenters.